The second kappa shape index (κ2) is 5.04. The summed E-state index contributed by atoms with van der Waals surface area (Å²) in [6, 6.07) is 3.63. The van der Waals surface area contributed by atoms with Crippen LogP contribution in [-0.2, 0) is 0 Å². The van der Waals surface area contributed by atoms with E-state index in [1.54, 1.807) is 34.6 Å². The Morgan fingerprint density at radius 3 is 3.05 bits per heavy atom. The van der Waals surface area contributed by atoms with E-state index in [4.69, 9.17) is 4.42 Å². The van der Waals surface area contributed by atoms with Crippen LogP contribution in [-0.4, -0.2) is 30.5 Å². The summed E-state index contributed by atoms with van der Waals surface area (Å²) < 4.78 is 7.00. The molecule has 0 spiro atoms. The molecule has 0 unspecified atom stereocenters. The topological polar surface area (TPSA) is 98.2 Å². The third-order valence-electron chi connectivity index (χ3n) is 2.94. The summed E-state index contributed by atoms with van der Waals surface area (Å²) >= 11 is 1.24. The van der Waals surface area contributed by atoms with Gasteiger partial charge in [0.15, 0.2) is 0 Å². The standard InChI is InChI=1S/C13H8N6O2S/c20-11(17-13-18-15-7-22-13)9-6-19-5-8(1-2-10(19)16-9)12-14-3-4-21-12/h1-7H,(H,17,18,20). The maximum Gasteiger partial charge on any atom is 0.277 e. The van der Waals surface area contributed by atoms with Gasteiger partial charge in [-0.25, -0.2) is 9.97 Å². The third kappa shape index (κ3) is 2.23. The van der Waals surface area contributed by atoms with E-state index in [1.165, 1.54) is 17.6 Å². The van der Waals surface area contributed by atoms with E-state index in [9.17, 15) is 4.79 Å². The van der Waals surface area contributed by atoms with E-state index >= 15 is 0 Å². The number of nitrogens with one attached hydrogen (secondary N) is 1. The third-order valence-corrected chi connectivity index (χ3v) is 3.55. The normalized spacial score (nSPS) is 10.9. The van der Waals surface area contributed by atoms with Gasteiger partial charge in [0.05, 0.1) is 11.8 Å². The Labute approximate surface area is 127 Å². The lowest BCUT2D eigenvalue weighted by Gasteiger charge is -1.96. The second-order valence-electron chi connectivity index (χ2n) is 4.34. The first-order chi connectivity index (χ1) is 10.8. The van der Waals surface area contributed by atoms with Crippen LogP contribution >= 0.6 is 11.3 Å². The lowest BCUT2D eigenvalue weighted by molar-refractivity contribution is 0.102. The summed E-state index contributed by atoms with van der Waals surface area (Å²) in [5.41, 5.74) is 3.28. The van der Waals surface area contributed by atoms with Crippen molar-refractivity contribution in [2.75, 3.05) is 5.32 Å². The quantitative estimate of drug-likeness (QED) is 0.622. The smallest absolute Gasteiger partial charge is 0.277 e. The molecule has 0 aliphatic heterocycles. The Morgan fingerprint density at radius 2 is 2.27 bits per heavy atom. The number of carbonyl (C=O) groups excluding carboxylic acids is 1. The van der Waals surface area contributed by atoms with Crippen molar-refractivity contribution in [2.24, 2.45) is 0 Å². The van der Waals surface area contributed by atoms with Crippen LogP contribution in [0.25, 0.3) is 17.1 Å². The van der Waals surface area contributed by atoms with Gasteiger partial charge in [-0.1, -0.05) is 11.3 Å². The van der Waals surface area contributed by atoms with Crippen molar-refractivity contribution in [1.29, 1.82) is 0 Å². The number of hydrogen-bond acceptors (Lipinski definition) is 7. The average Bonchev–Trinajstić information content (AvgIpc) is 3.27. The fraction of sp³-hybridized carbons (Fsp3) is 0. The zero-order chi connectivity index (χ0) is 14.9. The zero-order valence-corrected chi connectivity index (χ0v) is 11.8. The van der Waals surface area contributed by atoms with Crippen molar-refractivity contribution >= 4 is 28.0 Å². The highest BCUT2D eigenvalue weighted by Gasteiger charge is 2.13. The van der Waals surface area contributed by atoms with Gasteiger partial charge in [-0.15, -0.1) is 10.2 Å². The monoisotopic (exact) mass is 312 g/mol. The molecule has 8 nitrogen and oxygen atoms in total. The lowest BCUT2D eigenvalue weighted by Crippen LogP contribution is -2.12. The first-order valence-electron chi connectivity index (χ1n) is 6.26. The molecule has 22 heavy (non-hydrogen) atoms. The van der Waals surface area contributed by atoms with Crippen molar-refractivity contribution in [3.8, 4) is 11.5 Å². The molecule has 0 aromatic carbocycles. The zero-order valence-electron chi connectivity index (χ0n) is 11.0. The number of carbonyl (C=O) groups is 1. The summed E-state index contributed by atoms with van der Waals surface area (Å²) in [6.07, 6.45) is 6.52. The van der Waals surface area contributed by atoms with E-state index in [0.717, 1.165) is 5.56 Å². The van der Waals surface area contributed by atoms with Crippen LogP contribution in [0.1, 0.15) is 10.5 Å². The number of anilines is 1. The molecule has 1 N–H and O–H groups in total. The summed E-state index contributed by atoms with van der Waals surface area (Å²) in [6.45, 7) is 0. The molecule has 0 saturated heterocycles. The fourth-order valence-electron chi connectivity index (χ4n) is 1.98. The predicted octanol–water partition coefficient (Wildman–Crippen LogP) is 2.09. The van der Waals surface area contributed by atoms with Gasteiger partial charge < -0.3 is 8.82 Å². The summed E-state index contributed by atoms with van der Waals surface area (Å²) in [5, 5.41) is 10.5. The van der Waals surface area contributed by atoms with Crippen molar-refractivity contribution in [3.05, 3.63) is 48.2 Å². The minimum absolute atomic E-state index is 0.291. The highest BCUT2D eigenvalue weighted by Crippen LogP contribution is 2.18. The number of fused-ring (bicyclic) bond motifs is 1. The van der Waals surface area contributed by atoms with Gasteiger partial charge >= 0.3 is 0 Å². The average molecular weight is 312 g/mol. The highest BCUT2D eigenvalue weighted by molar-refractivity contribution is 7.13. The van der Waals surface area contributed by atoms with Gasteiger partial charge in [0.1, 0.15) is 23.1 Å². The Balaban J connectivity index is 1.67. The van der Waals surface area contributed by atoms with Gasteiger partial charge in [0.2, 0.25) is 11.0 Å². The van der Waals surface area contributed by atoms with Crippen LogP contribution in [0, 0.1) is 0 Å². The summed E-state index contributed by atoms with van der Waals surface area (Å²) in [4.78, 5) is 20.5. The molecule has 4 aromatic heterocycles. The second-order valence-corrected chi connectivity index (χ2v) is 5.18. The van der Waals surface area contributed by atoms with Gasteiger partial charge in [0, 0.05) is 12.4 Å². The number of pyridine rings is 1. The Morgan fingerprint density at radius 1 is 1.32 bits per heavy atom. The molecule has 0 atom stereocenters. The maximum absolute atomic E-state index is 12.1. The number of hydrogen-bond donors (Lipinski definition) is 1. The minimum atomic E-state index is -0.335. The Kier molecular flexibility index (Phi) is 2.90. The molecule has 1 amide bonds. The molecule has 4 heterocycles. The molecule has 0 saturated carbocycles. The number of aromatic nitrogens is 5. The molecule has 0 fully saturated rings. The van der Waals surface area contributed by atoms with Crippen LogP contribution in [0.4, 0.5) is 5.13 Å². The van der Waals surface area contributed by atoms with Crippen LogP contribution in [0.3, 0.4) is 0 Å². The minimum Gasteiger partial charge on any atom is -0.444 e. The van der Waals surface area contributed by atoms with Crippen LogP contribution in [0.15, 0.2) is 46.9 Å². The lowest BCUT2D eigenvalue weighted by atomic mass is 10.3. The van der Waals surface area contributed by atoms with Crippen LogP contribution < -0.4 is 5.32 Å². The number of oxazole rings is 1. The molecule has 0 aliphatic carbocycles. The van der Waals surface area contributed by atoms with Crippen LogP contribution in [0.5, 0.6) is 0 Å². The molecular weight excluding hydrogens is 304 g/mol. The van der Waals surface area contributed by atoms with Crippen molar-refractivity contribution in [2.45, 2.75) is 0 Å². The van der Waals surface area contributed by atoms with Gasteiger partial charge in [0.25, 0.3) is 5.91 Å². The molecule has 0 radical (unpaired) electrons. The molecule has 0 bridgehead atoms. The van der Waals surface area contributed by atoms with E-state index in [0.29, 0.717) is 22.4 Å². The van der Waals surface area contributed by atoms with E-state index in [1.807, 2.05) is 6.07 Å². The van der Waals surface area contributed by atoms with Gasteiger partial charge in [-0.2, -0.15) is 0 Å². The molecule has 4 aromatic rings. The van der Waals surface area contributed by atoms with Crippen LogP contribution in [0.2, 0.25) is 0 Å². The largest absolute Gasteiger partial charge is 0.444 e. The maximum atomic E-state index is 12.1. The highest BCUT2D eigenvalue weighted by atomic mass is 32.1. The molecule has 9 heteroatoms. The fourth-order valence-corrected chi connectivity index (χ4v) is 2.42. The molecule has 4 rings (SSSR count). The number of rotatable bonds is 3. The first kappa shape index (κ1) is 12.7. The van der Waals surface area contributed by atoms with Crippen molar-refractivity contribution < 1.29 is 9.21 Å². The predicted molar refractivity (Wildman–Crippen MR) is 78.6 cm³/mol. The van der Waals surface area contributed by atoms with Crippen molar-refractivity contribution in [3.63, 3.8) is 0 Å². The number of amides is 1. The molecular formula is C13H8N6O2S. The van der Waals surface area contributed by atoms with E-state index in [-0.39, 0.29) is 5.91 Å². The van der Waals surface area contributed by atoms with Gasteiger partial charge in [-0.3, -0.25) is 10.1 Å². The molecule has 0 aliphatic rings. The molecule has 108 valence electrons. The van der Waals surface area contributed by atoms with Crippen molar-refractivity contribution in [1.82, 2.24) is 24.6 Å². The van der Waals surface area contributed by atoms with E-state index < -0.39 is 0 Å². The SMILES string of the molecule is O=C(Nc1nncs1)c1cn2cc(-c3ncco3)ccc2n1. The number of nitrogens with zero attached hydrogens (tertiary/aromatic N) is 5. The number of imidazole rings is 1. The van der Waals surface area contributed by atoms with Gasteiger partial charge in [-0.05, 0) is 12.1 Å². The summed E-state index contributed by atoms with van der Waals surface area (Å²) in [7, 11) is 0. The summed E-state index contributed by atoms with van der Waals surface area (Å²) in [5.74, 6) is 0.175. The Bertz CT molecular complexity index is 929. The van der Waals surface area contributed by atoms with E-state index in [2.05, 4.69) is 25.5 Å². The Hall–Kier alpha value is -3.07. The first-order valence-corrected chi connectivity index (χ1v) is 7.14.